The summed E-state index contributed by atoms with van der Waals surface area (Å²) in [6, 6.07) is 7.96. The number of carbonyl (C=O) groups excluding carboxylic acids is 1. The second-order valence-corrected chi connectivity index (χ2v) is 4.75. The summed E-state index contributed by atoms with van der Waals surface area (Å²) in [5.74, 6) is 0.0568. The lowest BCUT2D eigenvalue weighted by Crippen LogP contribution is -2.39. The van der Waals surface area contributed by atoms with E-state index in [0.717, 1.165) is 17.7 Å². The van der Waals surface area contributed by atoms with Crippen LogP contribution in [0, 0.1) is 0 Å². The van der Waals surface area contributed by atoms with Gasteiger partial charge in [-0.1, -0.05) is 25.1 Å². The van der Waals surface area contributed by atoms with Gasteiger partial charge in [-0.25, -0.2) is 0 Å². The maximum Gasteiger partial charge on any atom is 0.234 e. The molecule has 1 rings (SSSR count). The van der Waals surface area contributed by atoms with E-state index in [0.29, 0.717) is 13.1 Å². The Morgan fingerprint density at radius 1 is 1.44 bits per heavy atom. The molecule has 1 aromatic carbocycles. The van der Waals surface area contributed by atoms with Crippen molar-refractivity contribution < 1.29 is 4.79 Å². The lowest BCUT2D eigenvalue weighted by molar-refractivity contribution is -0.122. The molecule has 0 aliphatic heterocycles. The highest BCUT2D eigenvalue weighted by molar-refractivity contribution is 5.78. The van der Waals surface area contributed by atoms with Crippen LogP contribution >= 0.6 is 0 Å². The van der Waals surface area contributed by atoms with Gasteiger partial charge >= 0.3 is 0 Å². The van der Waals surface area contributed by atoms with Crippen LogP contribution in [0.25, 0.3) is 0 Å². The normalized spacial score (nSPS) is 12.4. The molecule has 1 amide bonds. The van der Waals surface area contributed by atoms with E-state index in [1.54, 1.807) is 0 Å². The summed E-state index contributed by atoms with van der Waals surface area (Å²) in [6.45, 7) is 5.13. The number of nitrogens with one attached hydrogen (secondary N) is 1. The third-order valence-corrected chi connectivity index (χ3v) is 2.93. The number of anilines is 1. The van der Waals surface area contributed by atoms with Crippen molar-refractivity contribution in [2.75, 3.05) is 19.3 Å². The molecule has 4 nitrogen and oxygen atoms in total. The number of nitrogens with two attached hydrogens (primary N) is 1. The molecule has 0 spiro atoms. The molecule has 0 bridgehead atoms. The third kappa shape index (κ3) is 4.75. The first-order valence-electron chi connectivity index (χ1n) is 6.34. The quantitative estimate of drug-likeness (QED) is 0.753. The number of para-hydroxylation sites is 1. The zero-order chi connectivity index (χ0) is 13.5. The summed E-state index contributed by atoms with van der Waals surface area (Å²) in [4.78, 5) is 13.7. The largest absolute Gasteiger partial charge is 0.398 e. The second-order valence-electron chi connectivity index (χ2n) is 4.75. The molecule has 4 heteroatoms. The van der Waals surface area contributed by atoms with Gasteiger partial charge in [-0.15, -0.1) is 0 Å². The highest BCUT2D eigenvalue weighted by atomic mass is 16.2. The Morgan fingerprint density at radius 2 is 2.11 bits per heavy atom. The van der Waals surface area contributed by atoms with Crippen LogP contribution in [-0.4, -0.2) is 30.4 Å². The SMILES string of the molecule is CCC(C)NC(=O)CN(C)Cc1ccccc1N. The van der Waals surface area contributed by atoms with E-state index >= 15 is 0 Å². The Morgan fingerprint density at radius 3 is 2.72 bits per heavy atom. The zero-order valence-corrected chi connectivity index (χ0v) is 11.4. The highest BCUT2D eigenvalue weighted by Gasteiger charge is 2.10. The van der Waals surface area contributed by atoms with Crippen LogP contribution in [0.3, 0.4) is 0 Å². The maximum absolute atomic E-state index is 11.7. The first-order chi connectivity index (χ1) is 8.52. The van der Waals surface area contributed by atoms with E-state index in [2.05, 4.69) is 12.2 Å². The minimum Gasteiger partial charge on any atom is -0.398 e. The monoisotopic (exact) mass is 249 g/mol. The van der Waals surface area contributed by atoms with Crippen LogP contribution in [0.4, 0.5) is 5.69 Å². The number of benzene rings is 1. The van der Waals surface area contributed by atoms with Gasteiger partial charge in [0.05, 0.1) is 6.54 Å². The van der Waals surface area contributed by atoms with Gasteiger partial charge < -0.3 is 11.1 Å². The van der Waals surface area contributed by atoms with Crippen molar-refractivity contribution >= 4 is 11.6 Å². The Balaban J connectivity index is 2.44. The first-order valence-corrected chi connectivity index (χ1v) is 6.34. The number of rotatable bonds is 6. The number of nitrogens with zero attached hydrogens (tertiary/aromatic N) is 1. The number of hydrogen-bond donors (Lipinski definition) is 2. The molecule has 0 radical (unpaired) electrons. The summed E-state index contributed by atoms with van der Waals surface area (Å²) in [7, 11) is 1.92. The summed E-state index contributed by atoms with van der Waals surface area (Å²) < 4.78 is 0. The fraction of sp³-hybridized carbons (Fsp3) is 0.500. The van der Waals surface area contributed by atoms with Gasteiger partial charge in [-0.2, -0.15) is 0 Å². The van der Waals surface area contributed by atoms with Crippen LogP contribution in [0.1, 0.15) is 25.8 Å². The minimum atomic E-state index is 0.0568. The predicted molar refractivity (Wildman–Crippen MR) is 75.1 cm³/mol. The van der Waals surface area contributed by atoms with Crippen LogP contribution < -0.4 is 11.1 Å². The fourth-order valence-corrected chi connectivity index (χ4v) is 1.69. The fourth-order valence-electron chi connectivity index (χ4n) is 1.69. The molecule has 3 N–H and O–H groups in total. The van der Waals surface area contributed by atoms with E-state index in [1.165, 1.54) is 0 Å². The van der Waals surface area contributed by atoms with Gasteiger partial charge in [0, 0.05) is 18.3 Å². The Labute approximate surface area is 109 Å². The van der Waals surface area contributed by atoms with E-state index < -0.39 is 0 Å². The van der Waals surface area contributed by atoms with Crippen molar-refractivity contribution in [1.29, 1.82) is 0 Å². The van der Waals surface area contributed by atoms with Crippen LogP contribution in [0.5, 0.6) is 0 Å². The number of likely N-dealkylation sites (N-methyl/N-ethyl adjacent to an activating group) is 1. The van der Waals surface area contributed by atoms with Gasteiger partial charge in [0.25, 0.3) is 0 Å². The molecule has 18 heavy (non-hydrogen) atoms. The van der Waals surface area contributed by atoms with Gasteiger partial charge in [0.2, 0.25) is 5.91 Å². The smallest absolute Gasteiger partial charge is 0.234 e. The number of nitrogen functional groups attached to an aromatic ring is 1. The molecule has 1 unspecified atom stereocenters. The third-order valence-electron chi connectivity index (χ3n) is 2.93. The lowest BCUT2D eigenvalue weighted by atomic mass is 10.2. The predicted octanol–water partition coefficient (Wildman–Crippen LogP) is 1.62. The lowest BCUT2D eigenvalue weighted by Gasteiger charge is -2.19. The molecule has 1 aromatic rings. The molecule has 0 fully saturated rings. The van der Waals surface area contributed by atoms with Crippen molar-refractivity contribution in [3.63, 3.8) is 0 Å². The number of amides is 1. The molecular formula is C14H23N3O. The first kappa shape index (κ1) is 14.5. The molecular weight excluding hydrogens is 226 g/mol. The summed E-state index contributed by atoms with van der Waals surface area (Å²) in [6.07, 6.45) is 0.946. The molecule has 100 valence electrons. The van der Waals surface area contributed by atoms with Crippen molar-refractivity contribution in [2.45, 2.75) is 32.9 Å². The molecule has 0 aliphatic carbocycles. The van der Waals surface area contributed by atoms with E-state index in [9.17, 15) is 4.79 Å². The van der Waals surface area contributed by atoms with Gasteiger partial charge in [-0.3, -0.25) is 9.69 Å². The van der Waals surface area contributed by atoms with Crippen molar-refractivity contribution in [2.24, 2.45) is 0 Å². The van der Waals surface area contributed by atoms with E-state index in [4.69, 9.17) is 5.73 Å². The Bertz CT molecular complexity index is 392. The maximum atomic E-state index is 11.7. The standard InChI is InChI=1S/C14H23N3O/c1-4-11(2)16-14(18)10-17(3)9-12-7-5-6-8-13(12)15/h5-8,11H,4,9-10,15H2,1-3H3,(H,16,18). The van der Waals surface area contributed by atoms with Gasteiger partial charge in [0.1, 0.15) is 0 Å². The van der Waals surface area contributed by atoms with E-state index in [-0.39, 0.29) is 11.9 Å². The topological polar surface area (TPSA) is 58.4 Å². The van der Waals surface area contributed by atoms with Crippen molar-refractivity contribution in [3.8, 4) is 0 Å². The molecule has 0 saturated carbocycles. The van der Waals surface area contributed by atoms with Gasteiger partial charge in [-0.05, 0) is 32.0 Å². The molecule has 0 aliphatic rings. The van der Waals surface area contributed by atoms with E-state index in [1.807, 2.05) is 43.1 Å². The molecule has 1 atom stereocenters. The average molecular weight is 249 g/mol. The second kappa shape index (κ2) is 7.01. The van der Waals surface area contributed by atoms with Gasteiger partial charge in [0.15, 0.2) is 0 Å². The van der Waals surface area contributed by atoms with Crippen LogP contribution in [-0.2, 0) is 11.3 Å². The molecule has 0 heterocycles. The Hall–Kier alpha value is -1.55. The minimum absolute atomic E-state index is 0.0568. The summed E-state index contributed by atoms with van der Waals surface area (Å²) >= 11 is 0. The Kier molecular flexibility index (Phi) is 5.65. The average Bonchev–Trinajstić information content (AvgIpc) is 2.31. The number of hydrogen-bond acceptors (Lipinski definition) is 3. The zero-order valence-electron chi connectivity index (χ0n) is 11.4. The summed E-state index contributed by atoms with van der Waals surface area (Å²) in [5.41, 5.74) is 7.70. The number of carbonyl (C=O) groups is 1. The van der Waals surface area contributed by atoms with Crippen LogP contribution in [0.2, 0.25) is 0 Å². The van der Waals surface area contributed by atoms with Crippen LogP contribution in [0.15, 0.2) is 24.3 Å². The highest BCUT2D eigenvalue weighted by Crippen LogP contribution is 2.12. The van der Waals surface area contributed by atoms with Crippen molar-refractivity contribution in [3.05, 3.63) is 29.8 Å². The molecule has 0 saturated heterocycles. The summed E-state index contributed by atoms with van der Waals surface area (Å²) in [5, 5.41) is 2.95. The molecule has 0 aromatic heterocycles. The van der Waals surface area contributed by atoms with Crippen molar-refractivity contribution in [1.82, 2.24) is 10.2 Å².